The molecule has 9 heteroatoms. The minimum absolute atomic E-state index is 0.107. The molecule has 1 saturated carbocycles. The summed E-state index contributed by atoms with van der Waals surface area (Å²) in [4.78, 5) is 16.9. The monoisotopic (exact) mass is 372 g/mol. The number of anilines is 1. The van der Waals surface area contributed by atoms with Crippen molar-refractivity contribution in [3.05, 3.63) is 35.7 Å². The van der Waals surface area contributed by atoms with E-state index in [-0.39, 0.29) is 11.2 Å². The molecule has 3 aromatic rings. The van der Waals surface area contributed by atoms with Gasteiger partial charge in [0.2, 0.25) is 11.1 Å². The molecular weight excluding hydrogens is 356 g/mol. The van der Waals surface area contributed by atoms with E-state index in [1.165, 1.54) is 23.1 Å². The highest BCUT2D eigenvalue weighted by Crippen LogP contribution is 2.37. The Bertz CT molecular complexity index is 874. The lowest BCUT2D eigenvalue weighted by molar-refractivity contribution is -0.115. The number of carbonyl (C=O) groups excluding carboxylic acids is 1. The van der Waals surface area contributed by atoms with Gasteiger partial charge in [0, 0.05) is 10.9 Å². The molecule has 1 aromatic carbocycles. The number of nitrogens with zero attached hydrogens (tertiary/aromatic N) is 5. The average Bonchev–Trinajstić information content (AvgIpc) is 3.19. The zero-order valence-electron chi connectivity index (χ0n) is 13.5. The summed E-state index contributed by atoms with van der Waals surface area (Å²) in [6, 6.07) is 10.3. The number of amides is 1. The smallest absolute Gasteiger partial charge is 0.239 e. The molecule has 2 heterocycles. The van der Waals surface area contributed by atoms with Crippen LogP contribution >= 0.6 is 23.1 Å². The van der Waals surface area contributed by atoms with Crippen molar-refractivity contribution < 1.29 is 4.79 Å². The number of aromatic nitrogens is 5. The highest BCUT2D eigenvalue weighted by Gasteiger charge is 2.29. The van der Waals surface area contributed by atoms with E-state index in [1.807, 2.05) is 47.3 Å². The summed E-state index contributed by atoms with van der Waals surface area (Å²) in [6.45, 7) is 1.84. The van der Waals surface area contributed by atoms with Crippen molar-refractivity contribution in [2.75, 3.05) is 5.32 Å². The summed E-state index contributed by atoms with van der Waals surface area (Å²) in [7, 11) is 0. The van der Waals surface area contributed by atoms with Crippen LogP contribution in [0.4, 0.5) is 5.13 Å². The van der Waals surface area contributed by atoms with Crippen molar-refractivity contribution in [3.8, 4) is 11.3 Å². The summed E-state index contributed by atoms with van der Waals surface area (Å²) >= 11 is 2.79. The summed E-state index contributed by atoms with van der Waals surface area (Å²) in [5.41, 5.74) is 1.89. The van der Waals surface area contributed by atoms with Crippen LogP contribution < -0.4 is 5.32 Å². The van der Waals surface area contributed by atoms with Crippen molar-refractivity contribution in [2.45, 2.75) is 36.2 Å². The molecule has 1 amide bonds. The number of tetrazole rings is 1. The quantitative estimate of drug-likeness (QED) is 0.669. The molecule has 128 valence electrons. The Labute approximate surface area is 152 Å². The second kappa shape index (κ2) is 6.93. The first kappa shape index (κ1) is 16.2. The Hall–Kier alpha value is -2.26. The van der Waals surface area contributed by atoms with E-state index in [0.29, 0.717) is 16.3 Å². The SMILES string of the molecule is CC(Sc1nnnn1C1CC1)C(=O)Nc1nc(-c2ccccc2)cs1. The van der Waals surface area contributed by atoms with Gasteiger partial charge in [0.05, 0.1) is 17.0 Å². The molecule has 0 radical (unpaired) electrons. The summed E-state index contributed by atoms with van der Waals surface area (Å²) in [5, 5.41) is 17.5. The fourth-order valence-electron chi connectivity index (χ4n) is 2.30. The average molecular weight is 372 g/mol. The van der Waals surface area contributed by atoms with Crippen LogP contribution in [0.25, 0.3) is 11.3 Å². The number of carbonyl (C=O) groups is 1. The fourth-order valence-corrected chi connectivity index (χ4v) is 3.88. The van der Waals surface area contributed by atoms with Gasteiger partial charge in [0.15, 0.2) is 5.13 Å². The maximum Gasteiger partial charge on any atom is 0.239 e. The largest absolute Gasteiger partial charge is 0.301 e. The van der Waals surface area contributed by atoms with Crippen LogP contribution in [0.5, 0.6) is 0 Å². The van der Waals surface area contributed by atoms with Gasteiger partial charge in [-0.05, 0) is 30.2 Å². The normalized spacial score (nSPS) is 15.1. The van der Waals surface area contributed by atoms with Gasteiger partial charge in [-0.25, -0.2) is 9.67 Å². The molecule has 2 aromatic heterocycles. The molecule has 4 rings (SSSR count). The lowest BCUT2D eigenvalue weighted by atomic mass is 10.2. The topological polar surface area (TPSA) is 85.6 Å². The Balaban J connectivity index is 1.40. The van der Waals surface area contributed by atoms with Crippen LogP contribution in [-0.4, -0.2) is 36.3 Å². The Morgan fingerprint density at radius 3 is 2.92 bits per heavy atom. The molecule has 1 atom stereocenters. The molecule has 1 aliphatic carbocycles. The van der Waals surface area contributed by atoms with Crippen molar-refractivity contribution in [1.29, 1.82) is 0 Å². The van der Waals surface area contributed by atoms with Gasteiger partial charge in [-0.2, -0.15) is 0 Å². The molecule has 1 fully saturated rings. The van der Waals surface area contributed by atoms with Crippen LogP contribution in [0.2, 0.25) is 0 Å². The number of nitrogens with one attached hydrogen (secondary N) is 1. The number of rotatable bonds is 6. The van der Waals surface area contributed by atoms with E-state index in [0.717, 1.165) is 24.1 Å². The number of benzene rings is 1. The molecule has 0 spiro atoms. The predicted octanol–water partition coefficient (Wildman–Crippen LogP) is 3.25. The van der Waals surface area contributed by atoms with Crippen LogP contribution in [0.1, 0.15) is 25.8 Å². The summed E-state index contributed by atoms with van der Waals surface area (Å²) < 4.78 is 1.81. The lowest BCUT2D eigenvalue weighted by Crippen LogP contribution is -2.22. The van der Waals surface area contributed by atoms with Gasteiger partial charge >= 0.3 is 0 Å². The second-order valence-electron chi connectivity index (χ2n) is 5.79. The molecule has 0 bridgehead atoms. The Morgan fingerprint density at radius 1 is 1.36 bits per heavy atom. The first-order valence-electron chi connectivity index (χ1n) is 7.97. The Morgan fingerprint density at radius 2 is 2.16 bits per heavy atom. The zero-order chi connectivity index (χ0) is 17.2. The number of hydrogen-bond donors (Lipinski definition) is 1. The minimum Gasteiger partial charge on any atom is -0.301 e. The minimum atomic E-state index is -0.312. The third-order valence-electron chi connectivity index (χ3n) is 3.81. The molecule has 1 N–H and O–H groups in total. The van der Waals surface area contributed by atoms with Crippen LogP contribution in [-0.2, 0) is 4.79 Å². The fraction of sp³-hybridized carbons (Fsp3) is 0.312. The van der Waals surface area contributed by atoms with Gasteiger partial charge < -0.3 is 5.32 Å². The number of hydrogen-bond acceptors (Lipinski definition) is 7. The lowest BCUT2D eigenvalue weighted by Gasteiger charge is -2.09. The summed E-state index contributed by atoms with van der Waals surface area (Å²) in [6.07, 6.45) is 2.20. The third kappa shape index (κ3) is 3.72. The molecule has 1 unspecified atom stereocenters. The van der Waals surface area contributed by atoms with Crippen LogP contribution in [0, 0.1) is 0 Å². The van der Waals surface area contributed by atoms with Gasteiger partial charge in [-0.1, -0.05) is 42.1 Å². The van der Waals surface area contributed by atoms with E-state index in [1.54, 1.807) is 0 Å². The van der Waals surface area contributed by atoms with E-state index in [9.17, 15) is 4.79 Å². The number of thiazole rings is 1. The second-order valence-corrected chi connectivity index (χ2v) is 7.96. The van der Waals surface area contributed by atoms with Crippen molar-refractivity contribution in [2.24, 2.45) is 0 Å². The first-order valence-corrected chi connectivity index (χ1v) is 9.73. The highest BCUT2D eigenvalue weighted by molar-refractivity contribution is 8.00. The standard InChI is InChI=1S/C16H16N6OS2/c1-10(25-16-19-20-21-22(16)12-7-8-12)14(23)18-15-17-13(9-24-15)11-5-3-2-4-6-11/h2-6,9-10,12H,7-8H2,1H3,(H,17,18,23). The summed E-state index contributed by atoms with van der Waals surface area (Å²) in [5.74, 6) is -0.107. The highest BCUT2D eigenvalue weighted by atomic mass is 32.2. The van der Waals surface area contributed by atoms with E-state index in [4.69, 9.17) is 0 Å². The molecule has 25 heavy (non-hydrogen) atoms. The maximum absolute atomic E-state index is 12.4. The van der Waals surface area contributed by atoms with Crippen molar-refractivity contribution >= 4 is 34.1 Å². The van der Waals surface area contributed by atoms with Crippen molar-refractivity contribution in [1.82, 2.24) is 25.2 Å². The van der Waals surface area contributed by atoms with E-state index >= 15 is 0 Å². The van der Waals surface area contributed by atoms with Crippen LogP contribution in [0.3, 0.4) is 0 Å². The van der Waals surface area contributed by atoms with Gasteiger partial charge in [-0.3, -0.25) is 4.79 Å². The van der Waals surface area contributed by atoms with Gasteiger partial charge in [-0.15, -0.1) is 16.4 Å². The zero-order valence-corrected chi connectivity index (χ0v) is 15.1. The molecule has 1 aliphatic rings. The first-order chi connectivity index (χ1) is 12.2. The number of thioether (sulfide) groups is 1. The van der Waals surface area contributed by atoms with Crippen LogP contribution in [0.15, 0.2) is 40.9 Å². The maximum atomic E-state index is 12.4. The third-order valence-corrected chi connectivity index (χ3v) is 5.62. The molecule has 0 aliphatic heterocycles. The molecule has 7 nitrogen and oxygen atoms in total. The van der Waals surface area contributed by atoms with E-state index < -0.39 is 0 Å². The van der Waals surface area contributed by atoms with Gasteiger partial charge in [0.1, 0.15) is 0 Å². The Kier molecular flexibility index (Phi) is 4.50. The molecule has 0 saturated heterocycles. The molecular formula is C16H16N6OS2. The predicted molar refractivity (Wildman–Crippen MR) is 97.6 cm³/mol. The van der Waals surface area contributed by atoms with Gasteiger partial charge in [0.25, 0.3) is 0 Å². The van der Waals surface area contributed by atoms with E-state index in [2.05, 4.69) is 25.8 Å². The van der Waals surface area contributed by atoms with Crippen molar-refractivity contribution in [3.63, 3.8) is 0 Å².